The number of methoxy groups -OCH3 is 1. The summed E-state index contributed by atoms with van der Waals surface area (Å²) in [7, 11) is 1.66. The number of carbonyl (C=O) groups excluding carboxylic acids is 1. The van der Waals surface area contributed by atoms with Crippen molar-refractivity contribution < 1.29 is 9.53 Å². The van der Waals surface area contributed by atoms with Crippen LogP contribution in [-0.2, 0) is 11.2 Å². The fourth-order valence-electron chi connectivity index (χ4n) is 2.31. The lowest BCUT2D eigenvalue weighted by Crippen LogP contribution is -2.35. The molecule has 1 heterocycles. The number of rotatable bonds is 4. The van der Waals surface area contributed by atoms with Crippen molar-refractivity contribution in [2.45, 2.75) is 25.7 Å². The van der Waals surface area contributed by atoms with E-state index in [1.54, 1.807) is 7.11 Å². The first-order valence-electron chi connectivity index (χ1n) is 6.29. The van der Waals surface area contributed by atoms with Gasteiger partial charge in [-0.25, -0.2) is 0 Å². The fourth-order valence-corrected chi connectivity index (χ4v) is 2.45. The van der Waals surface area contributed by atoms with Gasteiger partial charge in [-0.2, -0.15) is 0 Å². The number of anilines is 1. The minimum atomic E-state index is 0.168. The highest BCUT2D eigenvalue weighted by molar-refractivity contribution is 6.18. The lowest BCUT2D eigenvalue weighted by atomic mass is 10.0. The standard InChI is InChI=1S/C14H18ClNO2/c1-18-12-6-7-13-11(10-12)4-3-9-16(13)14(17)5-2-8-15/h6-7,10H,2-5,8-9H2,1H3. The summed E-state index contributed by atoms with van der Waals surface area (Å²) in [6.07, 6.45) is 3.27. The minimum Gasteiger partial charge on any atom is -0.497 e. The van der Waals surface area contributed by atoms with Gasteiger partial charge >= 0.3 is 0 Å². The van der Waals surface area contributed by atoms with Gasteiger partial charge in [0.15, 0.2) is 0 Å². The monoisotopic (exact) mass is 267 g/mol. The van der Waals surface area contributed by atoms with E-state index < -0.39 is 0 Å². The zero-order valence-electron chi connectivity index (χ0n) is 10.6. The van der Waals surface area contributed by atoms with E-state index in [-0.39, 0.29) is 5.91 Å². The number of ether oxygens (including phenoxy) is 1. The summed E-state index contributed by atoms with van der Waals surface area (Å²) in [5.41, 5.74) is 2.22. The molecule has 98 valence electrons. The molecule has 0 aliphatic carbocycles. The van der Waals surface area contributed by atoms with Gasteiger partial charge in [0, 0.05) is 24.5 Å². The number of hydrogen-bond donors (Lipinski definition) is 0. The Bertz CT molecular complexity index is 434. The maximum Gasteiger partial charge on any atom is 0.227 e. The van der Waals surface area contributed by atoms with Crippen molar-refractivity contribution in [1.29, 1.82) is 0 Å². The Balaban J connectivity index is 2.19. The Morgan fingerprint density at radius 3 is 3.06 bits per heavy atom. The number of hydrogen-bond acceptors (Lipinski definition) is 2. The molecule has 0 radical (unpaired) electrons. The largest absolute Gasteiger partial charge is 0.497 e. The molecule has 1 aliphatic rings. The lowest BCUT2D eigenvalue weighted by molar-refractivity contribution is -0.118. The molecule has 0 aromatic heterocycles. The van der Waals surface area contributed by atoms with Gasteiger partial charge in [0.25, 0.3) is 0 Å². The molecule has 0 N–H and O–H groups in total. The van der Waals surface area contributed by atoms with Crippen molar-refractivity contribution >= 4 is 23.2 Å². The number of nitrogens with zero attached hydrogens (tertiary/aromatic N) is 1. The predicted octanol–water partition coefficient (Wildman–Crippen LogP) is 2.99. The maximum absolute atomic E-state index is 12.1. The summed E-state index contributed by atoms with van der Waals surface area (Å²) in [4.78, 5) is 14.0. The van der Waals surface area contributed by atoms with Crippen molar-refractivity contribution in [3.8, 4) is 5.75 Å². The van der Waals surface area contributed by atoms with Crippen molar-refractivity contribution in [2.75, 3.05) is 24.4 Å². The van der Waals surface area contributed by atoms with Crippen molar-refractivity contribution in [1.82, 2.24) is 0 Å². The van der Waals surface area contributed by atoms with Gasteiger partial charge in [-0.05, 0) is 43.0 Å². The molecule has 3 nitrogen and oxygen atoms in total. The van der Waals surface area contributed by atoms with E-state index in [0.717, 1.165) is 37.2 Å². The number of carbonyl (C=O) groups is 1. The molecule has 1 aromatic carbocycles. The van der Waals surface area contributed by atoms with Gasteiger partial charge < -0.3 is 9.64 Å². The van der Waals surface area contributed by atoms with Gasteiger partial charge in [-0.3, -0.25) is 4.79 Å². The first-order chi connectivity index (χ1) is 8.76. The summed E-state index contributed by atoms with van der Waals surface area (Å²) in [5, 5.41) is 0. The first kappa shape index (κ1) is 13.2. The Morgan fingerprint density at radius 1 is 1.50 bits per heavy atom. The normalized spacial score (nSPS) is 14.2. The van der Waals surface area contributed by atoms with Crippen LogP contribution in [0, 0.1) is 0 Å². The fraction of sp³-hybridized carbons (Fsp3) is 0.500. The SMILES string of the molecule is COc1ccc2c(c1)CCCN2C(=O)CCCCl. The number of aryl methyl sites for hydroxylation is 1. The third-order valence-corrected chi connectivity index (χ3v) is 3.50. The van der Waals surface area contributed by atoms with Crippen LogP contribution in [0.25, 0.3) is 0 Å². The van der Waals surface area contributed by atoms with E-state index in [0.29, 0.717) is 12.3 Å². The Labute approximate surface area is 113 Å². The zero-order chi connectivity index (χ0) is 13.0. The number of fused-ring (bicyclic) bond motifs is 1. The van der Waals surface area contributed by atoms with Crippen LogP contribution in [0.5, 0.6) is 5.75 Å². The topological polar surface area (TPSA) is 29.5 Å². The molecule has 0 saturated heterocycles. The van der Waals surface area contributed by atoms with Crippen molar-refractivity contribution in [2.24, 2.45) is 0 Å². The van der Waals surface area contributed by atoms with Crippen LogP contribution >= 0.6 is 11.6 Å². The highest BCUT2D eigenvalue weighted by Gasteiger charge is 2.22. The second-order valence-electron chi connectivity index (χ2n) is 4.44. The van der Waals surface area contributed by atoms with Gasteiger partial charge in [-0.15, -0.1) is 11.6 Å². The van der Waals surface area contributed by atoms with Crippen LogP contribution in [0.4, 0.5) is 5.69 Å². The zero-order valence-corrected chi connectivity index (χ0v) is 11.4. The quantitative estimate of drug-likeness (QED) is 0.785. The van der Waals surface area contributed by atoms with Crippen LogP contribution < -0.4 is 9.64 Å². The van der Waals surface area contributed by atoms with E-state index in [1.807, 2.05) is 23.1 Å². The summed E-state index contributed by atoms with van der Waals surface area (Å²) in [6.45, 7) is 0.806. The van der Waals surface area contributed by atoms with E-state index in [4.69, 9.17) is 16.3 Å². The molecular formula is C14H18ClNO2. The van der Waals surface area contributed by atoms with Gasteiger partial charge in [-0.1, -0.05) is 0 Å². The third kappa shape index (κ3) is 2.78. The molecule has 0 atom stereocenters. The van der Waals surface area contributed by atoms with E-state index in [9.17, 15) is 4.79 Å². The smallest absolute Gasteiger partial charge is 0.227 e. The number of benzene rings is 1. The Kier molecular flexibility index (Phi) is 4.48. The molecule has 2 rings (SSSR count). The highest BCUT2D eigenvalue weighted by atomic mass is 35.5. The molecule has 1 aromatic rings. The molecule has 0 unspecified atom stereocenters. The van der Waals surface area contributed by atoms with Crippen LogP contribution in [0.3, 0.4) is 0 Å². The molecule has 0 bridgehead atoms. The second kappa shape index (κ2) is 6.10. The molecule has 1 amide bonds. The number of alkyl halides is 1. The Hall–Kier alpha value is -1.22. The average molecular weight is 268 g/mol. The molecule has 1 aliphatic heterocycles. The summed E-state index contributed by atoms with van der Waals surface area (Å²) < 4.78 is 5.22. The lowest BCUT2D eigenvalue weighted by Gasteiger charge is -2.29. The first-order valence-corrected chi connectivity index (χ1v) is 6.83. The van der Waals surface area contributed by atoms with Gasteiger partial charge in [0.1, 0.15) is 5.75 Å². The van der Waals surface area contributed by atoms with Crippen LogP contribution in [0.2, 0.25) is 0 Å². The second-order valence-corrected chi connectivity index (χ2v) is 4.81. The highest BCUT2D eigenvalue weighted by Crippen LogP contribution is 2.30. The van der Waals surface area contributed by atoms with E-state index in [1.165, 1.54) is 5.56 Å². The average Bonchev–Trinajstić information content (AvgIpc) is 2.43. The van der Waals surface area contributed by atoms with E-state index >= 15 is 0 Å². The van der Waals surface area contributed by atoms with Crippen LogP contribution in [0.1, 0.15) is 24.8 Å². The summed E-state index contributed by atoms with van der Waals surface area (Å²) in [5.74, 6) is 1.56. The van der Waals surface area contributed by atoms with Crippen molar-refractivity contribution in [3.05, 3.63) is 23.8 Å². The number of halogens is 1. The van der Waals surface area contributed by atoms with Gasteiger partial charge in [0.05, 0.1) is 7.11 Å². The molecule has 0 saturated carbocycles. The molecule has 0 spiro atoms. The Morgan fingerprint density at radius 2 is 2.33 bits per heavy atom. The van der Waals surface area contributed by atoms with Crippen molar-refractivity contribution in [3.63, 3.8) is 0 Å². The molecular weight excluding hydrogens is 250 g/mol. The summed E-state index contributed by atoms with van der Waals surface area (Å²) in [6, 6.07) is 5.91. The van der Waals surface area contributed by atoms with Crippen LogP contribution in [-0.4, -0.2) is 25.4 Å². The number of amides is 1. The molecule has 18 heavy (non-hydrogen) atoms. The molecule has 0 fully saturated rings. The minimum absolute atomic E-state index is 0.168. The van der Waals surface area contributed by atoms with Gasteiger partial charge in [0.2, 0.25) is 5.91 Å². The predicted molar refractivity (Wildman–Crippen MR) is 73.6 cm³/mol. The summed E-state index contributed by atoms with van der Waals surface area (Å²) >= 11 is 5.64. The molecule has 4 heteroatoms. The maximum atomic E-state index is 12.1. The third-order valence-electron chi connectivity index (χ3n) is 3.23. The van der Waals surface area contributed by atoms with E-state index in [2.05, 4.69) is 0 Å². The van der Waals surface area contributed by atoms with Crippen LogP contribution in [0.15, 0.2) is 18.2 Å².